The summed E-state index contributed by atoms with van der Waals surface area (Å²) in [7, 11) is 0. The molecule has 110 valence electrons. The summed E-state index contributed by atoms with van der Waals surface area (Å²) in [6.45, 7) is 1.84. The van der Waals surface area contributed by atoms with Crippen molar-refractivity contribution in [2.75, 3.05) is 6.61 Å². The number of carboxylic acid groups (broad SMARTS) is 1. The van der Waals surface area contributed by atoms with Crippen LogP contribution in [-0.2, 0) is 11.2 Å². The second-order valence-electron chi connectivity index (χ2n) is 4.68. The monoisotopic (exact) mass is 279 g/mol. The molecule has 1 atom stereocenters. The molecule has 1 aromatic rings. The van der Waals surface area contributed by atoms with Crippen LogP contribution in [-0.4, -0.2) is 34.7 Å². The average Bonchev–Trinajstić information content (AvgIpc) is 2.45. The highest BCUT2D eigenvalue weighted by Crippen LogP contribution is 2.08. The predicted molar refractivity (Wildman–Crippen MR) is 75.6 cm³/mol. The van der Waals surface area contributed by atoms with E-state index in [4.69, 9.17) is 10.2 Å². The van der Waals surface area contributed by atoms with Gasteiger partial charge in [-0.3, -0.25) is 4.79 Å². The fourth-order valence-corrected chi connectivity index (χ4v) is 1.83. The molecule has 0 heterocycles. The zero-order chi connectivity index (χ0) is 15.0. The van der Waals surface area contributed by atoms with E-state index >= 15 is 0 Å². The Labute approximate surface area is 118 Å². The summed E-state index contributed by atoms with van der Waals surface area (Å²) in [5.41, 5.74) is 1.59. The number of amides is 1. The van der Waals surface area contributed by atoms with E-state index < -0.39 is 17.9 Å². The highest BCUT2D eigenvalue weighted by Gasteiger charge is 2.19. The third-order valence-corrected chi connectivity index (χ3v) is 3.06. The molecule has 0 radical (unpaired) electrons. The van der Waals surface area contributed by atoms with Gasteiger partial charge in [0.05, 0.1) is 0 Å². The zero-order valence-corrected chi connectivity index (χ0v) is 11.6. The largest absolute Gasteiger partial charge is 0.480 e. The number of aliphatic hydroxyl groups excluding tert-OH is 1. The maximum atomic E-state index is 11.9. The number of carbonyl (C=O) groups excluding carboxylic acids is 1. The molecule has 0 aliphatic heterocycles. The van der Waals surface area contributed by atoms with E-state index in [1.807, 2.05) is 12.1 Å². The average molecular weight is 279 g/mol. The van der Waals surface area contributed by atoms with Gasteiger partial charge in [0.25, 0.3) is 5.91 Å². The summed E-state index contributed by atoms with van der Waals surface area (Å²) in [5, 5.41) is 20.1. The number of aryl methyl sites for hydroxylation is 1. The third kappa shape index (κ3) is 5.01. The molecule has 3 N–H and O–H groups in total. The molecule has 0 saturated heterocycles. The first kappa shape index (κ1) is 16.2. The van der Waals surface area contributed by atoms with Crippen LogP contribution in [0, 0.1) is 0 Å². The van der Waals surface area contributed by atoms with Crippen LogP contribution < -0.4 is 5.32 Å². The number of unbranched alkanes of at least 4 members (excludes halogenated alkanes) is 1. The van der Waals surface area contributed by atoms with Crippen LogP contribution in [0.2, 0.25) is 0 Å². The maximum Gasteiger partial charge on any atom is 0.326 e. The topological polar surface area (TPSA) is 86.6 Å². The number of benzene rings is 1. The molecule has 20 heavy (non-hydrogen) atoms. The van der Waals surface area contributed by atoms with E-state index in [1.165, 1.54) is 0 Å². The molecule has 0 aliphatic rings. The first-order valence-electron chi connectivity index (χ1n) is 6.82. The zero-order valence-electron chi connectivity index (χ0n) is 11.6. The molecule has 1 amide bonds. The predicted octanol–water partition coefficient (Wildman–Crippen LogP) is 1.59. The lowest BCUT2D eigenvalue weighted by molar-refractivity contribution is -0.139. The van der Waals surface area contributed by atoms with Gasteiger partial charge >= 0.3 is 5.97 Å². The van der Waals surface area contributed by atoms with Crippen LogP contribution in [0.25, 0.3) is 0 Å². The van der Waals surface area contributed by atoms with E-state index in [1.54, 1.807) is 12.1 Å². The Kier molecular flexibility index (Phi) is 6.73. The number of carbonyl (C=O) groups is 2. The summed E-state index contributed by atoms with van der Waals surface area (Å²) in [6, 6.07) is 6.09. The van der Waals surface area contributed by atoms with Gasteiger partial charge in [0.15, 0.2) is 0 Å². The Morgan fingerprint density at radius 1 is 1.25 bits per heavy atom. The number of aliphatic hydroxyl groups is 1. The van der Waals surface area contributed by atoms with Crippen LogP contribution in [0.5, 0.6) is 0 Å². The molecule has 5 heteroatoms. The first-order chi connectivity index (χ1) is 9.58. The highest BCUT2D eigenvalue weighted by molar-refractivity contribution is 5.96. The van der Waals surface area contributed by atoms with Gasteiger partial charge < -0.3 is 15.5 Å². The van der Waals surface area contributed by atoms with Gasteiger partial charge in [0.2, 0.25) is 0 Å². The summed E-state index contributed by atoms with van der Waals surface area (Å²) < 4.78 is 0. The maximum absolute atomic E-state index is 11.9. The van der Waals surface area contributed by atoms with Crippen LogP contribution in [0.3, 0.4) is 0 Å². The number of hydrogen-bond acceptors (Lipinski definition) is 3. The second kappa shape index (κ2) is 8.32. The SMILES string of the molecule is CCCCc1ccc(C(=O)NC(CCO)C(=O)O)cc1. The lowest BCUT2D eigenvalue weighted by Crippen LogP contribution is -2.41. The molecule has 0 aromatic heterocycles. The van der Waals surface area contributed by atoms with Gasteiger partial charge in [0, 0.05) is 18.6 Å². The molecule has 0 bridgehead atoms. The van der Waals surface area contributed by atoms with E-state index in [0.717, 1.165) is 24.8 Å². The highest BCUT2D eigenvalue weighted by atomic mass is 16.4. The van der Waals surface area contributed by atoms with Crippen molar-refractivity contribution in [1.82, 2.24) is 5.32 Å². The summed E-state index contributed by atoms with van der Waals surface area (Å²) in [5.74, 6) is -1.58. The second-order valence-corrected chi connectivity index (χ2v) is 4.68. The van der Waals surface area contributed by atoms with Crippen molar-refractivity contribution in [3.05, 3.63) is 35.4 Å². The Hall–Kier alpha value is -1.88. The number of rotatable bonds is 8. The van der Waals surface area contributed by atoms with E-state index in [9.17, 15) is 9.59 Å². The molecule has 0 fully saturated rings. The minimum absolute atomic E-state index is 0.00431. The van der Waals surface area contributed by atoms with Gasteiger partial charge in [-0.15, -0.1) is 0 Å². The normalized spacial score (nSPS) is 11.9. The first-order valence-corrected chi connectivity index (χ1v) is 6.82. The minimum atomic E-state index is -1.15. The van der Waals surface area contributed by atoms with Crippen LogP contribution in [0.1, 0.15) is 42.1 Å². The smallest absolute Gasteiger partial charge is 0.326 e. The molecule has 1 rings (SSSR count). The Bertz CT molecular complexity index is 442. The lowest BCUT2D eigenvalue weighted by Gasteiger charge is -2.13. The third-order valence-electron chi connectivity index (χ3n) is 3.06. The molecule has 5 nitrogen and oxygen atoms in total. The molecule has 0 saturated carbocycles. The minimum Gasteiger partial charge on any atom is -0.480 e. The quantitative estimate of drug-likeness (QED) is 0.674. The number of hydrogen-bond donors (Lipinski definition) is 3. The number of nitrogens with one attached hydrogen (secondary N) is 1. The van der Waals surface area contributed by atoms with E-state index in [2.05, 4.69) is 12.2 Å². The van der Waals surface area contributed by atoms with Gasteiger partial charge in [0.1, 0.15) is 6.04 Å². The fourth-order valence-electron chi connectivity index (χ4n) is 1.83. The number of carboxylic acids is 1. The summed E-state index contributed by atoms with van der Waals surface area (Å²) >= 11 is 0. The van der Waals surface area contributed by atoms with Crippen molar-refractivity contribution in [2.45, 2.75) is 38.6 Å². The van der Waals surface area contributed by atoms with Crippen LogP contribution in [0.15, 0.2) is 24.3 Å². The van der Waals surface area contributed by atoms with Crippen molar-refractivity contribution in [3.8, 4) is 0 Å². The standard InChI is InChI=1S/C15H21NO4/c1-2-3-4-11-5-7-12(8-6-11)14(18)16-13(9-10-17)15(19)20/h5-8,13,17H,2-4,9-10H2,1H3,(H,16,18)(H,19,20). The summed E-state index contributed by atoms with van der Waals surface area (Å²) in [6.07, 6.45) is 3.18. The van der Waals surface area contributed by atoms with E-state index in [0.29, 0.717) is 5.56 Å². The van der Waals surface area contributed by atoms with Crippen molar-refractivity contribution >= 4 is 11.9 Å². The van der Waals surface area contributed by atoms with Crippen molar-refractivity contribution in [3.63, 3.8) is 0 Å². The molecular formula is C15H21NO4. The molecule has 0 spiro atoms. The molecule has 1 unspecified atom stereocenters. The Morgan fingerprint density at radius 3 is 2.40 bits per heavy atom. The lowest BCUT2D eigenvalue weighted by atomic mass is 10.1. The van der Waals surface area contributed by atoms with Gasteiger partial charge in [-0.2, -0.15) is 0 Å². The molecular weight excluding hydrogens is 258 g/mol. The van der Waals surface area contributed by atoms with Gasteiger partial charge in [-0.25, -0.2) is 4.79 Å². The van der Waals surface area contributed by atoms with Crippen molar-refractivity contribution in [1.29, 1.82) is 0 Å². The summed E-state index contributed by atoms with van der Waals surface area (Å²) in [4.78, 5) is 22.8. The van der Waals surface area contributed by atoms with E-state index in [-0.39, 0.29) is 13.0 Å². The Balaban J connectivity index is 2.64. The van der Waals surface area contributed by atoms with Crippen LogP contribution >= 0.6 is 0 Å². The van der Waals surface area contributed by atoms with Gasteiger partial charge in [-0.05, 0) is 30.5 Å². The van der Waals surface area contributed by atoms with Gasteiger partial charge in [-0.1, -0.05) is 25.5 Å². The fraction of sp³-hybridized carbons (Fsp3) is 0.467. The van der Waals surface area contributed by atoms with Crippen LogP contribution in [0.4, 0.5) is 0 Å². The van der Waals surface area contributed by atoms with Crippen molar-refractivity contribution < 1.29 is 19.8 Å². The Morgan fingerprint density at radius 2 is 1.90 bits per heavy atom. The number of aliphatic carboxylic acids is 1. The van der Waals surface area contributed by atoms with Crippen molar-refractivity contribution in [2.24, 2.45) is 0 Å². The molecule has 1 aromatic carbocycles. The molecule has 0 aliphatic carbocycles.